The first-order valence-corrected chi connectivity index (χ1v) is 6.99. The Morgan fingerprint density at radius 2 is 1.75 bits per heavy atom. The summed E-state index contributed by atoms with van der Waals surface area (Å²) in [5.41, 5.74) is 1.98. The third-order valence-corrected chi connectivity index (χ3v) is 3.51. The van der Waals surface area contributed by atoms with Crippen LogP contribution in [-0.2, 0) is 0 Å². The first kappa shape index (κ1) is 14.8. The molecule has 0 saturated heterocycles. The topological polar surface area (TPSA) is 43.4 Å². The zero-order valence-corrected chi connectivity index (χ0v) is 13.3. The van der Waals surface area contributed by atoms with E-state index in [0.717, 1.165) is 27.2 Å². The second-order valence-electron chi connectivity index (χ2n) is 4.27. The summed E-state index contributed by atoms with van der Waals surface area (Å²) >= 11 is 3.40. The molecule has 0 spiro atoms. The number of nitrogens with zero attached hydrogens (tertiary/aromatic N) is 1. The van der Waals surface area contributed by atoms with E-state index in [9.17, 15) is 0 Å². The molecule has 0 aliphatic heterocycles. The predicted molar refractivity (Wildman–Crippen MR) is 82.4 cm³/mol. The van der Waals surface area contributed by atoms with E-state index in [1.165, 1.54) is 0 Å². The molecule has 1 unspecified atom stereocenters. The van der Waals surface area contributed by atoms with Crippen LogP contribution in [-0.4, -0.2) is 26.3 Å². The Hall–Kier alpha value is -1.59. The van der Waals surface area contributed by atoms with Crippen molar-refractivity contribution in [3.63, 3.8) is 0 Å². The van der Waals surface area contributed by atoms with Gasteiger partial charge >= 0.3 is 0 Å². The van der Waals surface area contributed by atoms with Gasteiger partial charge in [0.05, 0.1) is 26.0 Å². The summed E-state index contributed by atoms with van der Waals surface area (Å²) in [5, 5.41) is 3.27. The highest BCUT2D eigenvalue weighted by molar-refractivity contribution is 9.10. The highest BCUT2D eigenvalue weighted by atomic mass is 79.9. The number of hydrogen-bond donors (Lipinski definition) is 1. The molecule has 0 fully saturated rings. The van der Waals surface area contributed by atoms with Crippen LogP contribution in [0.1, 0.15) is 17.3 Å². The number of hydrogen-bond acceptors (Lipinski definition) is 4. The first-order chi connectivity index (χ1) is 9.67. The maximum absolute atomic E-state index is 5.31. The van der Waals surface area contributed by atoms with Crippen molar-refractivity contribution in [2.24, 2.45) is 0 Å². The van der Waals surface area contributed by atoms with Crippen LogP contribution >= 0.6 is 15.9 Å². The molecule has 0 saturated carbocycles. The number of nitrogens with one attached hydrogen (secondary N) is 1. The van der Waals surface area contributed by atoms with Crippen molar-refractivity contribution in [2.45, 2.75) is 6.04 Å². The Kier molecular flexibility index (Phi) is 4.98. The smallest absolute Gasteiger partial charge is 0.122 e. The van der Waals surface area contributed by atoms with E-state index in [1.807, 2.05) is 37.4 Å². The second-order valence-corrected chi connectivity index (χ2v) is 5.18. The molecule has 1 aromatic heterocycles. The molecule has 0 amide bonds. The summed E-state index contributed by atoms with van der Waals surface area (Å²) < 4.78 is 11.6. The fourth-order valence-corrected chi connectivity index (χ4v) is 2.27. The van der Waals surface area contributed by atoms with Gasteiger partial charge in [0.2, 0.25) is 0 Å². The molecule has 5 heteroatoms. The summed E-state index contributed by atoms with van der Waals surface area (Å²) in [6.45, 7) is 0. The van der Waals surface area contributed by atoms with E-state index < -0.39 is 0 Å². The maximum Gasteiger partial charge on any atom is 0.122 e. The van der Waals surface area contributed by atoms with Crippen LogP contribution in [0.25, 0.3) is 0 Å². The van der Waals surface area contributed by atoms with Gasteiger partial charge in [0.1, 0.15) is 11.5 Å². The lowest BCUT2D eigenvalue weighted by Gasteiger charge is -2.18. The molecule has 1 aromatic carbocycles. The number of pyridine rings is 1. The van der Waals surface area contributed by atoms with Gasteiger partial charge in [-0.1, -0.05) is 0 Å². The SMILES string of the molecule is CNC(c1cc(OC)cc(OC)c1)c1ccc(Br)cn1. The Bertz CT molecular complexity index is 550. The molecule has 4 nitrogen and oxygen atoms in total. The molecule has 106 valence electrons. The summed E-state index contributed by atoms with van der Waals surface area (Å²) in [4.78, 5) is 4.45. The molecule has 20 heavy (non-hydrogen) atoms. The maximum atomic E-state index is 5.31. The van der Waals surface area contributed by atoms with Crippen LogP contribution < -0.4 is 14.8 Å². The molecule has 1 heterocycles. The van der Waals surface area contributed by atoms with Crippen molar-refractivity contribution in [1.29, 1.82) is 0 Å². The Morgan fingerprint density at radius 1 is 1.10 bits per heavy atom. The minimum absolute atomic E-state index is 0.0212. The van der Waals surface area contributed by atoms with Crippen LogP contribution in [0.15, 0.2) is 41.0 Å². The van der Waals surface area contributed by atoms with Gasteiger partial charge in [0.15, 0.2) is 0 Å². The van der Waals surface area contributed by atoms with Crippen LogP contribution in [0.2, 0.25) is 0 Å². The molecular formula is C15H17BrN2O2. The van der Waals surface area contributed by atoms with Gasteiger partial charge in [0, 0.05) is 16.7 Å². The van der Waals surface area contributed by atoms with Crippen molar-refractivity contribution in [2.75, 3.05) is 21.3 Å². The second kappa shape index (κ2) is 6.72. The molecular weight excluding hydrogens is 320 g/mol. The number of methoxy groups -OCH3 is 2. The average Bonchev–Trinajstić information content (AvgIpc) is 2.49. The molecule has 2 aromatic rings. The van der Waals surface area contributed by atoms with Crippen molar-refractivity contribution >= 4 is 15.9 Å². The fourth-order valence-electron chi connectivity index (χ4n) is 2.04. The lowest BCUT2D eigenvalue weighted by atomic mass is 10.0. The van der Waals surface area contributed by atoms with Gasteiger partial charge < -0.3 is 14.8 Å². The van der Waals surface area contributed by atoms with Crippen LogP contribution in [0.5, 0.6) is 11.5 Å². The molecule has 1 atom stereocenters. The van der Waals surface area contributed by atoms with Crippen molar-refractivity contribution in [3.8, 4) is 11.5 Å². The number of ether oxygens (including phenoxy) is 2. The van der Waals surface area contributed by atoms with E-state index in [4.69, 9.17) is 9.47 Å². The number of aromatic nitrogens is 1. The number of rotatable bonds is 5. The van der Waals surface area contributed by atoms with Crippen LogP contribution in [0, 0.1) is 0 Å². The van der Waals surface area contributed by atoms with Gasteiger partial charge in [-0.3, -0.25) is 4.98 Å². The molecule has 1 N–H and O–H groups in total. The van der Waals surface area contributed by atoms with Crippen LogP contribution in [0.4, 0.5) is 0 Å². The number of halogens is 1. The third kappa shape index (κ3) is 3.29. The van der Waals surface area contributed by atoms with E-state index in [1.54, 1.807) is 20.4 Å². The predicted octanol–water partition coefficient (Wildman–Crippen LogP) is 3.17. The largest absolute Gasteiger partial charge is 0.497 e. The lowest BCUT2D eigenvalue weighted by Crippen LogP contribution is -2.19. The Balaban J connectivity index is 2.42. The molecule has 0 bridgehead atoms. The van der Waals surface area contributed by atoms with Crippen molar-refractivity contribution in [3.05, 3.63) is 52.3 Å². The van der Waals surface area contributed by atoms with Gasteiger partial charge in [-0.25, -0.2) is 0 Å². The van der Waals surface area contributed by atoms with E-state index in [0.29, 0.717) is 0 Å². The molecule has 2 rings (SSSR count). The monoisotopic (exact) mass is 336 g/mol. The zero-order chi connectivity index (χ0) is 14.5. The molecule has 0 aliphatic rings. The standard InChI is InChI=1S/C15H17BrN2O2/c1-17-15(14-5-4-11(16)9-18-14)10-6-12(19-2)8-13(7-10)20-3/h4-9,15,17H,1-3H3. The average molecular weight is 337 g/mol. The van der Waals surface area contributed by atoms with Gasteiger partial charge in [0.25, 0.3) is 0 Å². The molecule has 0 aliphatic carbocycles. The zero-order valence-electron chi connectivity index (χ0n) is 11.7. The third-order valence-electron chi connectivity index (χ3n) is 3.04. The van der Waals surface area contributed by atoms with E-state index >= 15 is 0 Å². The summed E-state index contributed by atoms with van der Waals surface area (Å²) in [5.74, 6) is 1.52. The van der Waals surface area contributed by atoms with Crippen molar-refractivity contribution in [1.82, 2.24) is 10.3 Å². The van der Waals surface area contributed by atoms with E-state index in [2.05, 4.69) is 26.2 Å². The quantitative estimate of drug-likeness (QED) is 0.910. The number of benzene rings is 1. The minimum atomic E-state index is -0.0212. The highest BCUT2D eigenvalue weighted by Gasteiger charge is 2.15. The van der Waals surface area contributed by atoms with Gasteiger partial charge in [-0.15, -0.1) is 0 Å². The molecule has 0 radical (unpaired) electrons. The van der Waals surface area contributed by atoms with E-state index in [-0.39, 0.29) is 6.04 Å². The minimum Gasteiger partial charge on any atom is -0.497 e. The first-order valence-electron chi connectivity index (χ1n) is 6.19. The Morgan fingerprint density at radius 3 is 2.20 bits per heavy atom. The highest BCUT2D eigenvalue weighted by Crippen LogP contribution is 2.29. The van der Waals surface area contributed by atoms with Crippen LogP contribution in [0.3, 0.4) is 0 Å². The Labute approximate surface area is 127 Å². The van der Waals surface area contributed by atoms with Crippen molar-refractivity contribution < 1.29 is 9.47 Å². The van der Waals surface area contributed by atoms with Gasteiger partial charge in [-0.05, 0) is 52.8 Å². The lowest BCUT2D eigenvalue weighted by molar-refractivity contribution is 0.392. The summed E-state index contributed by atoms with van der Waals surface area (Å²) in [6, 6.07) is 9.75. The normalized spacial score (nSPS) is 12.0. The van der Waals surface area contributed by atoms with Gasteiger partial charge in [-0.2, -0.15) is 0 Å². The summed E-state index contributed by atoms with van der Waals surface area (Å²) in [6.07, 6.45) is 1.79. The fraction of sp³-hybridized carbons (Fsp3) is 0.267. The summed E-state index contributed by atoms with van der Waals surface area (Å²) in [7, 11) is 5.19.